The van der Waals surface area contributed by atoms with Crippen LogP contribution in [0.3, 0.4) is 0 Å². The molecule has 7 aromatic heterocycles. The van der Waals surface area contributed by atoms with Crippen molar-refractivity contribution in [2.24, 2.45) is 0 Å². The van der Waals surface area contributed by atoms with Crippen molar-refractivity contribution in [3.8, 4) is 84.7 Å². The van der Waals surface area contributed by atoms with Crippen LogP contribution in [-0.4, -0.2) is 51.7 Å². The van der Waals surface area contributed by atoms with Crippen molar-refractivity contribution >= 4 is 57.7 Å². The molecule has 0 bridgehead atoms. The Morgan fingerprint density at radius 2 is 0.829 bits per heavy atom. The van der Waals surface area contributed by atoms with Gasteiger partial charge in [0.25, 0.3) is 0 Å². The molecular formula is C71H48BBrN9. The molecule has 8 aromatic carbocycles. The number of fused-ring (bicyclic) bond motifs is 10. The standard InChI is InChI=1S/C35H23N5.C22H15BrN2.C14H10N2.B/c1-3-12-24(13-4-1)29-23-30(25-14-5-2-6-15-25)37-34(36-29)26-16-11-17-27(22-26)40-31-19-8-7-18-28(31)33-35(40)39-21-10-9-20-32(39)38-33;23-19-13-7-12-18(14-19)22-24-20(16-8-3-1-4-9-16)15-21(25-22)17-10-5-2-6-11-17;1-2-6-11-10(5-1)9-12-14(11)15-13-7-3-4-8-16(12)13;/h1-23H;1-15H;1-8H,9H2;. The van der Waals surface area contributed by atoms with Crippen molar-refractivity contribution in [2.45, 2.75) is 6.42 Å². The summed E-state index contributed by atoms with van der Waals surface area (Å²) in [5.74, 6) is 1.41. The lowest BCUT2D eigenvalue weighted by molar-refractivity contribution is 1.05. The van der Waals surface area contributed by atoms with Crippen LogP contribution in [0.25, 0.3) is 118 Å². The number of imidazole rings is 2. The highest BCUT2D eigenvalue weighted by Crippen LogP contribution is 2.37. The minimum atomic E-state index is 0. The van der Waals surface area contributed by atoms with E-state index in [4.69, 9.17) is 29.9 Å². The number of halogens is 1. The number of aromatic nitrogens is 9. The van der Waals surface area contributed by atoms with E-state index in [1.165, 1.54) is 16.8 Å². The van der Waals surface area contributed by atoms with E-state index >= 15 is 0 Å². The summed E-state index contributed by atoms with van der Waals surface area (Å²) in [5.41, 5.74) is 21.1. The fraction of sp³-hybridized carbons (Fsp3) is 0.0141. The second-order valence-corrected chi connectivity index (χ2v) is 20.6. The predicted molar refractivity (Wildman–Crippen MR) is 337 cm³/mol. The summed E-state index contributed by atoms with van der Waals surface area (Å²) in [5, 5.41) is 1.13. The number of hydrogen-bond donors (Lipinski definition) is 0. The summed E-state index contributed by atoms with van der Waals surface area (Å²) in [4.78, 5) is 29.4. The summed E-state index contributed by atoms with van der Waals surface area (Å²) < 4.78 is 7.64. The second kappa shape index (κ2) is 22.4. The number of benzene rings is 8. The van der Waals surface area contributed by atoms with Crippen LogP contribution in [0.4, 0.5) is 0 Å². The molecule has 0 atom stereocenters. The molecule has 16 rings (SSSR count). The van der Waals surface area contributed by atoms with E-state index in [0.29, 0.717) is 5.82 Å². The Hall–Kier alpha value is -10.4. The number of para-hydroxylation sites is 1. The predicted octanol–water partition coefficient (Wildman–Crippen LogP) is 17.0. The van der Waals surface area contributed by atoms with E-state index in [9.17, 15) is 0 Å². The van der Waals surface area contributed by atoms with E-state index in [2.05, 4.69) is 181 Å². The maximum Gasteiger partial charge on any atom is 0.160 e. The summed E-state index contributed by atoms with van der Waals surface area (Å²) >= 11 is 3.53. The zero-order valence-electron chi connectivity index (χ0n) is 44.2. The molecule has 0 N–H and O–H groups in total. The van der Waals surface area contributed by atoms with Gasteiger partial charge in [-0.15, -0.1) is 0 Å². The molecule has 0 unspecified atom stereocenters. The lowest BCUT2D eigenvalue weighted by Gasteiger charge is -2.12. The molecule has 0 fully saturated rings. The van der Waals surface area contributed by atoms with Gasteiger partial charge in [0.2, 0.25) is 0 Å². The van der Waals surface area contributed by atoms with Gasteiger partial charge in [-0.05, 0) is 72.3 Å². The molecule has 1 aliphatic rings. The smallest absolute Gasteiger partial charge is 0.160 e. The zero-order chi connectivity index (χ0) is 54.1. The molecule has 15 aromatic rings. The fourth-order valence-corrected chi connectivity index (χ4v) is 11.1. The number of rotatable bonds is 7. The van der Waals surface area contributed by atoms with Crippen LogP contribution in [0.2, 0.25) is 0 Å². The molecular weight excluding hydrogens is 1070 g/mol. The molecule has 7 heterocycles. The Balaban J connectivity index is 0.000000127. The summed E-state index contributed by atoms with van der Waals surface area (Å²) in [7, 11) is 0. The van der Waals surface area contributed by atoms with E-state index in [1.807, 2.05) is 127 Å². The molecule has 1 aliphatic carbocycles. The van der Waals surface area contributed by atoms with Gasteiger partial charge in [-0.2, -0.15) is 0 Å². The van der Waals surface area contributed by atoms with Crippen LogP contribution in [0.5, 0.6) is 0 Å². The third kappa shape index (κ3) is 9.95. The van der Waals surface area contributed by atoms with Gasteiger partial charge in [-0.25, -0.2) is 29.9 Å². The first-order valence-electron chi connectivity index (χ1n) is 26.8. The van der Waals surface area contributed by atoms with Crippen LogP contribution in [0.15, 0.2) is 284 Å². The second-order valence-electron chi connectivity index (χ2n) is 19.7. The summed E-state index contributed by atoms with van der Waals surface area (Å²) in [6.45, 7) is 0. The Kier molecular flexibility index (Phi) is 14.0. The molecule has 3 radical (unpaired) electrons. The SMILES string of the molecule is Brc1cccc(-c2nc(-c3ccccc3)cc(-c3ccccc3)n2)c1.[B].c1ccc(-c2cc(-c3ccccc3)nc(-c3cccc(-n4c5ccccc5c5nc6ccccn6c54)c3)n2)cc1.c1ccc2c(c1)Cc1c-2nc2ccccn12. The molecule has 0 spiro atoms. The Bertz CT molecular complexity index is 4630. The van der Waals surface area contributed by atoms with Gasteiger partial charge in [0.15, 0.2) is 17.3 Å². The fourth-order valence-electron chi connectivity index (χ4n) is 10.7. The van der Waals surface area contributed by atoms with Crippen molar-refractivity contribution in [3.05, 3.63) is 295 Å². The molecule has 82 heavy (non-hydrogen) atoms. The first kappa shape index (κ1) is 51.1. The maximum atomic E-state index is 5.05. The maximum absolute atomic E-state index is 5.05. The first-order valence-corrected chi connectivity index (χ1v) is 27.6. The van der Waals surface area contributed by atoms with Gasteiger partial charge in [0, 0.05) is 81.7 Å². The van der Waals surface area contributed by atoms with Crippen LogP contribution in [-0.2, 0) is 6.42 Å². The van der Waals surface area contributed by atoms with Gasteiger partial charge in [0.05, 0.1) is 39.7 Å². The first-order chi connectivity index (χ1) is 40.1. The minimum absolute atomic E-state index is 0. The average molecular weight is 1120 g/mol. The molecule has 0 saturated carbocycles. The Morgan fingerprint density at radius 1 is 0.366 bits per heavy atom. The van der Waals surface area contributed by atoms with E-state index in [1.54, 1.807) is 0 Å². The largest absolute Gasteiger partial charge is 0.303 e. The summed E-state index contributed by atoms with van der Waals surface area (Å²) in [6.07, 6.45) is 5.16. The minimum Gasteiger partial charge on any atom is -0.303 e. The van der Waals surface area contributed by atoms with Crippen molar-refractivity contribution in [2.75, 3.05) is 0 Å². The van der Waals surface area contributed by atoms with Crippen molar-refractivity contribution in [3.63, 3.8) is 0 Å². The van der Waals surface area contributed by atoms with Gasteiger partial charge >= 0.3 is 0 Å². The van der Waals surface area contributed by atoms with Gasteiger partial charge in [-0.3, -0.25) is 8.97 Å². The normalized spacial score (nSPS) is 11.3. The van der Waals surface area contributed by atoms with Crippen molar-refractivity contribution in [1.29, 1.82) is 0 Å². The highest BCUT2D eigenvalue weighted by Gasteiger charge is 2.23. The van der Waals surface area contributed by atoms with Crippen molar-refractivity contribution < 1.29 is 0 Å². The van der Waals surface area contributed by atoms with Crippen LogP contribution in [0, 0.1) is 0 Å². The van der Waals surface area contributed by atoms with E-state index in [-0.39, 0.29) is 8.41 Å². The summed E-state index contributed by atoms with van der Waals surface area (Å²) in [6, 6.07) is 90.9. The Labute approximate surface area is 484 Å². The average Bonchev–Trinajstić information content (AvgIpc) is 4.28. The molecule has 9 nitrogen and oxygen atoms in total. The third-order valence-corrected chi connectivity index (χ3v) is 15.0. The number of pyridine rings is 2. The van der Waals surface area contributed by atoms with Gasteiger partial charge in [0.1, 0.15) is 16.8 Å². The van der Waals surface area contributed by atoms with Gasteiger partial charge in [-0.1, -0.05) is 216 Å². The molecule has 387 valence electrons. The van der Waals surface area contributed by atoms with Crippen LogP contribution >= 0.6 is 15.9 Å². The lowest BCUT2D eigenvalue weighted by Crippen LogP contribution is -1.99. The molecule has 11 heteroatoms. The highest BCUT2D eigenvalue weighted by atomic mass is 79.9. The third-order valence-electron chi connectivity index (χ3n) is 14.6. The number of hydrogen-bond acceptors (Lipinski definition) is 6. The number of nitrogens with zero attached hydrogens (tertiary/aromatic N) is 9. The van der Waals surface area contributed by atoms with Crippen LogP contribution < -0.4 is 0 Å². The van der Waals surface area contributed by atoms with Crippen molar-refractivity contribution in [1.82, 2.24) is 43.3 Å². The monoisotopic (exact) mass is 1120 g/mol. The molecule has 0 amide bonds. The molecule has 0 aliphatic heterocycles. The quantitative estimate of drug-likeness (QED) is 0.148. The zero-order valence-corrected chi connectivity index (χ0v) is 45.8. The highest BCUT2D eigenvalue weighted by molar-refractivity contribution is 9.10. The topological polar surface area (TPSA) is 91.1 Å². The Morgan fingerprint density at radius 3 is 1.40 bits per heavy atom. The molecule has 0 saturated heterocycles. The van der Waals surface area contributed by atoms with E-state index < -0.39 is 0 Å². The van der Waals surface area contributed by atoms with Gasteiger partial charge < -0.3 is 4.40 Å². The van der Waals surface area contributed by atoms with Crippen LogP contribution in [0.1, 0.15) is 11.3 Å². The lowest BCUT2D eigenvalue weighted by atomic mass is 10.1. The van der Waals surface area contributed by atoms with E-state index in [0.717, 1.165) is 118 Å².